The molecule has 7 aromatic carbocycles. The van der Waals surface area contributed by atoms with Crippen LogP contribution >= 0.6 is 0 Å². The highest BCUT2D eigenvalue weighted by atomic mass is 15.2. The van der Waals surface area contributed by atoms with Gasteiger partial charge in [0.1, 0.15) is 0 Å². The second-order valence-electron chi connectivity index (χ2n) is 19.8. The van der Waals surface area contributed by atoms with E-state index in [1.54, 1.807) is 5.57 Å². The number of rotatable bonds is 2. The third kappa shape index (κ3) is 3.80. The Labute approximate surface area is 360 Å². The summed E-state index contributed by atoms with van der Waals surface area (Å²) < 4.78 is 0. The summed E-state index contributed by atoms with van der Waals surface area (Å²) in [5, 5.41) is 0. The molecule has 0 radical (unpaired) electrons. The number of anilines is 2. The maximum absolute atomic E-state index is 2.80. The standard InChI is InChI=1S/C60H49N/c1-55(2)44-29-15-16-30-45(44)58(5)51(55)36-56(3)48-33-19-21-35-50(48)61(49-34-20-12-24-39(49)38-22-8-7-9-23-38)57(4)37-52-59(6,54(58)53(56)57)46-31-17-18-32-47(46)60(52)42-27-13-10-25-40(42)41-26-11-14-28-43(41)60/h7-37H,1-6H3. The molecule has 61 heavy (non-hydrogen) atoms. The predicted molar refractivity (Wildman–Crippen MR) is 252 cm³/mol. The van der Waals surface area contributed by atoms with E-state index in [0.717, 1.165) is 0 Å². The van der Waals surface area contributed by atoms with Gasteiger partial charge in [-0.15, -0.1) is 0 Å². The van der Waals surface area contributed by atoms with Gasteiger partial charge in [0.05, 0.1) is 16.6 Å². The Kier molecular flexibility index (Phi) is 6.53. The minimum atomic E-state index is -0.591. The first-order chi connectivity index (χ1) is 29.5. The number of nitrogens with zero attached hydrogens (tertiary/aromatic N) is 1. The van der Waals surface area contributed by atoms with Crippen molar-refractivity contribution in [3.8, 4) is 22.3 Å². The molecular formula is C60H49N. The maximum Gasteiger partial charge on any atom is 0.0837 e. The largest absolute Gasteiger partial charge is 0.327 e. The van der Waals surface area contributed by atoms with Crippen molar-refractivity contribution in [1.29, 1.82) is 0 Å². The van der Waals surface area contributed by atoms with Gasteiger partial charge >= 0.3 is 0 Å². The molecule has 6 aliphatic rings. The third-order valence-corrected chi connectivity index (χ3v) is 16.6. The lowest BCUT2D eigenvalue weighted by atomic mass is 9.44. The molecule has 4 atom stereocenters. The predicted octanol–water partition coefficient (Wildman–Crippen LogP) is 14.2. The van der Waals surface area contributed by atoms with Crippen LogP contribution in [0.2, 0.25) is 0 Å². The molecule has 1 heterocycles. The minimum Gasteiger partial charge on any atom is -0.327 e. The lowest BCUT2D eigenvalue weighted by Gasteiger charge is -2.63. The molecule has 0 N–H and O–H groups in total. The van der Waals surface area contributed by atoms with Crippen LogP contribution in [-0.2, 0) is 27.1 Å². The first-order valence-electron chi connectivity index (χ1n) is 22.2. The molecule has 1 heteroatoms. The normalized spacial score (nSPS) is 27.1. The van der Waals surface area contributed by atoms with E-state index in [0.29, 0.717) is 0 Å². The Morgan fingerprint density at radius 3 is 1.44 bits per heavy atom. The number of fused-ring (bicyclic) bond motifs is 17. The van der Waals surface area contributed by atoms with Gasteiger partial charge in [-0.3, -0.25) is 0 Å². The minimum absolute atomic E-state index is 0.185. The van der Waals surface area contributed by atoms with Gasteiger partial charge in [0.25, 0.3) is 0 Å². The molecule has 1 aliphatic heterocycles. The van der Waals surface area contributed by atoms with E-state index in [-0.39, 0.29) is 5.41 Å². The van der Waals surface area contributed by atoms with E-state index >= 15 is 0 Å². The van der Waals surface area contributed by atoms with Crippen LogP contribution in [0.4, 0.5) is 11.4 Å². The Balaban J connectivity index is 1.26. The van der Waals surface area contributed by atoms with Crippen molar-refractivity contribution in [1.82, 2.24) is 0 Å². The second kappa shape index (κ2) is 11.3. The van der Waals surface area contributed by atoms with Crippen LogP contribution in [0, 0.1) is 0 Å². The summed E-state index contributed by atoms with van der Waals surface area (Å²) in [6.07, 6.45) is 5.55. The van der Waals surface area contributed by atoms with Crippen molar-refractivity contribution < 1.29 is 0 Å². The van der Waals surface area contributed by atoms with Gasteiger partial charge in [0.2, 0.25) is 0 Å². The average molecular weight is 784 g/mol. The topological polar surface area (TPSA) is 3.24 Å². The van der Waals surface area contributed by atoms with E-state index in [9.17, 15) is 0 Å². The summed E-state index contributed by atoms with van der Waals surface area (Å²) in [4.78, 5) is 2.76. The molecule has 0 bridgehead atoms. The molecular weight excluding hydrogens is 735 g/mol. The lowest BCUT2D eigenvalue weighted by molar-refractivity contribution is 0.385. The molecule has 7 aromatic rings. The summed E-state index contributed by atoms with van der Waals surface area (Å²) in [6.45, 7) is 15.3. The van der Waals surface area contributed by atoms with Crippen molar-refractivity contribution in [2.75, 3.05) is 4.90 Å². The highest BCUT2D eigenvalue weighted by Gasteiger charge is 2.71. The zero-order valence-corrected chi connectivity index (χ0v) is 35.8. The van der Waals surface area contributed by atoms with Gasteiger partial charge in [-0.2, -0.15) is 0 Å². The van der Waals surface area contributed by atoms with Crippen LogP contribution in [0.25, 0.3) is 22.3 Å². The Morgan fingerprint density at radius 2 is 0.803 bits per heavy atom. The molecule has 0 saturated carbocycles. The molecule has 0 aromatic heterocycles. The Bertz CT molecular complexity index is 3150. The van der Waals surface area contributed by atoms with Crippen LogP contribution in [0.3, 0.4) is 0 Å². The molecule has 0 fully saturated rings. The van der Waals surface area contributed by atoms with Crippen LogP contribution in [0.5, 0.6) is 0 Å². The van der Waals surface area contributed by atoms with Crippen molar-refractivity contribution in [2.24, 2.45) is 0 Å². The number of hydrogen-bond donors (Lipinski definition) is 0. The van der Waals surface area contributed by atoms with E-state index in [1.807, 2.05) is 0 Å². The molecule has 0 amide bonds. The molecule has 5 aliphatic carbocycles. The van der Waals surface area contributed by atoms with E-state index < -0.39 is 27.2 Å². The fourth-order valence-corrected chi connectivity index (χ4v) is 14.6. The molecule has 1 spiro atoms. The monoisotopic (exact) mass is 783 g/mol. The molecule has 294 valence electrons. The van der Waals surface area contributed by atoms with E-state index in [2.05, 4.69) is 235 Å². The fourth-order valence-electron chi connectivity index (χ4n) is 14.6. The van der Waals surface area contributed by atoms with Crippen LogP contribution in [-0.4, -0.2) is 5.54 Å². The van der Waals surface area contributed by atoms with Gasteiger partial charge in [-0.1, -0.05) is 190 Å². The van der Waals surface area contributed by atoms with Crippen molar-refractivity contribution in [2.45, 2.75) is 74.2 Å². The van der Waals surface area contributed by atoms with E-state index in [4.69, 9.17) is 0 Å². The van der Waals surface area contributed by atoms with Crippen molar-refractivity contribution in [3.63, 3.8) is 0 Å². The van der Waals surface area contributed by atoms with Crippen molar-refractivity contribution in [3.05, 3.63) is 249 Å². The molecule has 4 unspecified atom stereocenters. The smallest absolute Gasteiger partial charge is 0.0837 e. The summed E-state index contributed by atoms with van der Waals surface area (Å²) in [6, 6.07) is 67.1. The molecule has 13 rings (SSSR count). The quantitative estimate of drug-likeness (QED) is 0.158. The summed E-state index contributed by atoms with van der Waals surface area (Å²) >= 11 is 0. The number of allylic oxidation sites excluding steroid dienone is 4. The van der Waals surface area contributed by atoms with Gasteiger partial charge < -0.3 is 4.90 Å². The van der Waals surface area contributed by atoms with Gasteiger partial charge in [0.15, 0.2) is 0 Å². The number of hydrogen-bond acceptors (Lipinski definition) is 1. The zero-order chi connectivity index (χ0) is 41.3. The summed E-state index contributed by atoms with van der Waals surface area (Å²) in [5.74, 6) is 0. The molecule has 1 nitrogen and oxygen atoms in total. The van der Waals surface area contributed by atoms with Gasteiger partial charge in [-0.25, -0.2) is 0 Å². The second-order valence-corrected chi connectivity index (χ2v) is 19.8. The average Bonchev–Trinajstić information content (AvgIpc) is 3.78. The summed E-state index contributed by atoms with van der Waals surface area (Å²) in [7, 11) is 0. The first-order valence-corrected chi connectivity index (χ1v) is 22.2. The van der Waals surface area contributed by atoms with Crippen LogP contribution in [0.15, 0.2) is 210 Å². The maximum atomic E-state index is 2.80. The van der Waals surface area contributed by atoms with Crippen LogP contribution in [0.1, 0.15) is 80.5 Å². The highest BCUT2D eigenvalue weighted by Crippen LogP contribution is 2.77. The van der Waals surface area contributed by atoms with Crippen molar-refractivity contribution >= 4 is 11.4 Å². The van der Waals surface area contributed by atoms with Crippen LogP contribution < -0.4 is 4.90 Å². The van der Waals surface area contributed by atoms with Gasteiger partial charge in [0, 0.05) is 32.9 Å². The Hall–Kier alpha value is -6.44. The SMILES string of the molecule is CC1(C)C2=CC3(C)C4=C(C2(C)c2ccccc21)C1(C)C(=CC4(C)N(c2ccccc2-c2ccccc2)c2ccccc23)C2(c3ccccc3-c3ccccc32)c2ccccc21. The number of para-hydroxylation sites is 2. The third-order valence-electron chi connectivity index (χ3n) is 16.6. The number of benzene rings is 7. The summed E-state index contributed by atoms with van der Waals surface area (Å²) in [5.41, 5.74) is 21.1. The Morgan fingerprint density at radius 1 is 0.344 bits per heavy atom. The lowest BCUT2D eigenvalue weighted by Crippen LogP contribution is -2.61. The highest BCUT2D eigenvalue weighted by molar-refractivity contribution is 5.95. The first kappa shape index (κ1) is 35.3. The molecule has 0 saturated heterocycles. The zero-order valence-electron chi connectivity index (χ0n) is 35.8. The fraction of sp³-hybridized carbons (Fsp3) is 0.200. The van der Waals surface area contributed by atoms with E-state index in [1.165, 1.54) is 89.3 Å². The van der Waals surface area contributed by atoms with Gasteiger partial charge in [-0.05, 0) is 118 Å².